The van der Waals surface area contributed by atoms with Crippen molar-refractivity contribution < 1.29 is 14.3 Å². The van der Waals surface area contributed by atoms with Crippen LogP contribution in [0.15, 0.2) is 54.9 Å². The zero-order valence-corrected chi connectivity index (χ0v) is 13.7. The number of pyridine rings is 1. The van der Waals surface area contributed by atoms with Crippen LogP contribution in [0.3, 0.4) is 0 Å². The maximum atomic E-state index is 12.5. The van der Waals surface area contributed by atoms with Crippen LogP contribution in [0.25, 0.3) is 5.82 Å². The Kier molecular flexibility index (Phi) is 4.71. The molecule has 0 bridgehead atoms. The summed E-state index contributed by atoms with van der Waals surface area (Å²) in [6.07, 6.45) is 2.94. The monoisotopic (exact) mass is 347 g/mol. The van der Waals surface area contributed by atoms with E-state index in [0.717, 1.165) is 0 Å². The number of hydrogen-bond donors (Lipinski definition) is 1. The highest BCUT2D eigenvalue weighted by Crippen LogP contribution is 2.20. The van der Waals surface area contributed by atoms with Gasteiger partial charge in [-0.3, -0.25) is 9.59 Å². The van der Waals surface area contributed by atoms with E-state index in [-0.39, 0.29) is 11.4 Å². The van der Waals surface area contributed by atoms with Crippen molar-refractivity contribution in [3.8, 4) is 17.6 Å². The average Bonchev–Trinajstić information content (AvgIpc) is 3.05. The highest BCUT2D eigenvalue weighted by atomic mass is 16.5. The molecule has 0 atom stereocenters. The number of amides is 1. The molecule has 0 aliphatic heterocycles. The summed E-state index contributed by atoms with van der Waals surface area (Å²) >= 11 is 0. The minimum atomic E-state index is -0.444. The lowest BCUT2D eigenvalue weighted by atomic mass is 10.2. The van der Waals surface area contributed by atoms with E-state index in [1.807, 2.05) is 6.07 Å². The summed E-state index contributed by atoms with van der Waals surface area (Å²) in [7, 11) is 0. The zero-order valence-electron chi connectivity index (χ0n) is 13.7. The molecule has 3 rings (SSSR count). The lowest BCUT2D eigenvalue weighted by Gasteiger charge is -2.09. The van der Waals surface area contributed by atoms with Crippen LogP contribution in [0.2, 0.25) is 0 Å². The summed E-state index contributed by atoms with van der Waals surface area (Å²) in [5.41, 5.74) is 0.541. The Morgan fingerprint density at radius 3 is 2.58 bits per heavy atom. The average molecular weight is 347 g/mol. The van der Waals surface area contributed by atoms with E-state index < -0.39 is 11.9 Å². The predicted octanol–water partition coefficient (Wildman–Crippen LogP) is 2.32. The van der Waals surface area contributed by atoms with E-state index in [4.69, 9.17) is 4.74 Å². The van der Waals surface area contributed by atoms with Gasteiger partial charge in [0.1, 0.15) is 17.4 Å². The zero-order chi connectivity index (χ0) is 18.5. The van der Waals surface area contributed by atoms with E-state index >= 15 is 0 Å². The van der Waals surface area contributed by atoms with Gasteiger partial charge in [-0.15, -0.1) is 0 Å². The molecule has 0 aliphatic rings. The second-order valence-electron chi connectivity index (χ2n) is 5.19. The topological polar surface area (TPSA) is 110 Å². The number of carbonyl (C=O) groups excluding carboxylic acids is 2. The number of rotatable bonds is 4. The molecular weight excluding hydrogens is 334 g/mol. The maximum absolute atomic E-state index is 12.5. The van der Waals surface area contributed by atoms with Gasteiger partial charge in [-0.1, -0.05) is 6.07 Å². The number of nitriles is 1. The summed E-state index contributed by atoms with van der Waals surface area (Å²) in [5.74, 6) is 0.147. The lowest BCUT2D eigenvalue weighted by molar-refractivity contribution is -0.131. The Hall–Kier alpha value is -3.99. The van der Waals surface area contributed by atoms with Gasteiger partial charge in [0.2, 0.25) is 0 Å². The normalized spacial score (nSPS) is 10.0. The molecule has 1 aromatic carbocycles. The molecule has 0 saturated heterocycles. The number of anilines is 1. The van der Waals surface area contributed by atoms with Crippen molar-refractivity contribution >= 4 is 17.7 Å². The predicted molar refractivity (Wildman–Crippen MR) is 91.8 cm³/mol. The summed E-state index contributed by atoms with van der Waals surface area (Å²) in [6, 6.07) is 13.3. The van der Waals surface area contributed by atoms with Crippen molar-refractivity contribution in [3.05, 3.63) is 66.0 Å². The van der Waals surface area contributed by atoms with Gasteiger partial charge in [0.25, 0.3) is 5.91 Å². The summed E-state index contributed by atoms with van der Waals surface area (Å²) in [4.78, 5) is 27.6. The number of ether oxygens (including phenoxy) is 1. The first kappa shape index (κ1) is 16.9. The fourth-order valence-electron chi connectivity index (χ4n) is 2.22. The van der Waals surface area contributed by atoms with Crippen LogP contribution in [0.5, 0.6) is 5.75 Å². The van der Waals surface area contributed by atoms with Crippen molar-refractivity contribution in [2.75, 3.05) is 5.32 Å². The van der Waals surface area contributed by atoms with Crippen LogP contribution in [0, 0.1) is 11.3 Å². The minimum Gasteiger partial charge on any atom is -0.427 e. The summed E-state index contributed by atoms with van der Waals surface area (Å²) in [5, 5.41) is 16.0. The van der Waals surface area contributed by atoms with E-state index in [1.54, 1.807) is 24.4 Å². The summed E-state index contributed by atoms with van der Waals surface area (Å²) in [6.45, 7) is 1.29. The van der Waals surface area contributed by atoms with Crippen LogP contribution in [-0.2, 0) is 4.79 Å². The Bertz CT molecular complexity index is 988. The largest absolute Gasteiger partial charge is 0.427 e. The molecule has 8 nitrogen and oxygen atoms in total. The van der Waals surface area contributed by atoms with Crippen LogP contribution in [-0.4, -0.2) is 26.6 Å². The number of nitrogens with zero attached hydrogens (tertiary/aromatic N) is 4. The third-order valence-corrected chi connectivity index (χ3v) is 3.37. The smallest absolute Gasteiger partial charge is 0.308 e. The van der Waals surface area contributed by atoms with Crippen LogP contribution in [0.1, 0.15) is 22.8 Å². The molecule has 0 unspecified atom stereocenters. The van der Waals surface area contributed by atoms with Gasteiger partial charge in [0, 0.05) is 18.7 Å². The van der Waals surface area contributed by atoms with Crippen molar-refractivity contribution in [3.63, 3.8) is 0 Å². The number of carbonyl (C=O) groups is 2. The van der Waals surface area contributed by atoms with Crippen LogP contribution < -0.4 is 10.1 Å². The Balaban J connectivity index is 1.87. The first-order chi connectivity index (χ1) is 12.6. The first-order valence-corrected chi connectivity index (χ1v) is 7.58. The molecule has 3 aromatic rings. The van der Waals surface area contributed by atoms with Gasteiger partial charge in [0.15, 0.2) is 11.6 Å². The highest BCUT2D eigenvalue weighted by molar-refractivity contribution is 6.04. The first-order valence-electron chi connectivity index (χ1n) is 7.58. The Morgan fingerprint density at radius 1 is 1.19 bits per heavy atom. The number of aromatic nitrogens is 3. The molecule has 1 amide bonds. The molecular formula is C18H13N5O3. The van der Waals surface area contributed by atoms with Gasteiger partial charge in [-0.25, -0.2) is 4.98 Å². The Morgan fingerprint density at radius 2 is 1.96 bits per heavy atom. The molecule has 0 fully saturated rings. The van der Waals surface area contributed by atoms with Crippen molar-refractivity contribution in [1.82, 2.24) is 14.8 Å². The van der Waals surface area contributed by atoms with Crippen molar-refractivity contribution in [1.29, 1.82) is 5.26 Å². The molecule has 128 valence electrons. The molecule has 0 radical (unpaired) electrons. The van der Waals surface area contributed by atoms with E-state index in [9.17, 15) is 14.9 Å². The fourth-order valence-corrected chi connectivity index (χ4v) is 2.22. The molecule has 1 N–H and O–H groups in total. The highest BCUT2D eigenvalue weighted by Gasteiger charge is 2.16. The quantitative estimate of drug-likeness (QED) is 0.573. The maximum Gasteiger partial charge on any atom is 0.308 e. The van der Waals surface area contributed by atoms with Gasteiger partial charge >= 0.3 is 5.97 Å². The Labute approximate surface area is 148 Å². The minimum absolute atomic E-state index is 0.209. The van der Waals surface area contributed by atoms with Gasteiger partial charge in [-0.2, -0.15) is 15.0 Å². The van der Waals surface area contributed by atoms with E-state index in [0.29, 0.717) is 17.1 Å². The van der Waals surface area contributed by atoms with E-state index in [2.05, 4.69) is 15.4 Å². The molecule has 0 spiro atoms. The van der Waals surface area contributed by atoms with Crippen LogP contribution >= 0.6 is 0 Å². The molecule has 0 saturated carbocycles. The fraction of sp³-hybridized carbons (Fsp3) is 0.0556. The standard InChI is InChI=1S/C18H13N5O3/c1-12(24)26-15-7-5-13(6-8-15)18(25)22-17-14(10-19)11-21-23(17)16-4-2-3-9-20-16/h2-9,11H,1H3,(H,22,25). The number of hydrogen-bond acceptors (Lipinski definition) is 6. The molecule has 8 heteroatoms. The summed E-state index contributed by atoms with van der Waals surface area (Å²) < 4.78 is 6.31. The van der Waals surface area contributed by atoms with Gasteiger partial charge in [0.05, 0.1) is 6.20 Å². The SMILES string of the molecule is CC(=O)Oc1ccc(C(=O)Nc2c(C#N)cnn2-c2ccccn2)cc1. The third kappa shape index (κ3) is 3.57. The number of benzene rings is 1. The third-order valence-electron chi connectivity index (χ3n) is 3.37. The number of nitrogens with one attached hydrogen (secondary N) is 1. The van der Waals surface area contributed by atoms with E-state index in [1.165, 1.54) is 42.1 Å². The lowest BCUT2D eigenvalue weighted by Crippen LogP contribution is -2.16. The van der Waals surface area contributed by atoms with Crippen molar-refractivity contribution in [2.45, 2.75) is 6.92 Å². The second-order valence-corrected chi connectivity index (χ2v) is 5.19. The molecule has 2 aromatic heterocycles. The van der Waals surface area contributed by atoms with Gasteiger partial charge < -0.3 is 10.1 Å². The number of esters is 1. The molecule has 26 heavy (non-hydrogen) atoms. The molecule has 2 heterocycles. The molecule has 0 aliphatic carbocycles. The second kappa shape index (κ2) is 7.27. The van der Waals surface area contributed by atoms with Gasteiger partial charge in [-0.05, 0) is 36.4 Å². The van der Waals surface area contributed by atoms with Crippen molar-refractivity contribution in [2.24, 2.45) is 0 Å². The van der Waals surface area contributed by atoms with Crippen LogP contribution in [0.4, 0.5) is 5.82 Å².